The SMILES string of the molecule is C/C=C/C(=O)N1CCC(C(=O)O)c2ccccc21. The third-order valence-electron chi connectivity index (χ3n) is 3.12. The molecule has 0 spiro atoms. The molecule has 2 rings (SSSR count). The Balaban J connectivity index is 2.42. The lowest BCUT2D eigenvalue weighted by Crippen LogP contribution is -2.37. The summed E-state index contributed by atoms with van der Waals surface area (Å²) in [4.78, 5) is 24.8. The molecule has 1 aromatic carbocycles. The number of para-hydroxylation sites is 1. The molecular weight excluding hydrogens is 230 g/mol. The van der Waals surface area contributed by atoms with Crippen LogP contribution in [0.1, 0.15) is 24.8 Å². The Hall–Kier alpha value is -2.10. The summed E-state index contributed by atoms with van der Waals surface area (Å²) >= 11 is 0. The molecule has 4 heteroatoms. The van der Waals surface area contributed by atoms with E-state index < -0.39 is 11.9 Å². The Morgan fingerprint density at radius 2 is 2.11 bits per heavy atom. The summed E-state index contributed by atoms with van der Waals surface area (Å²) in [6, 6.07) is 7.20. The molecule has 0 radical (unpaired) electrons. The van der Waals surface area contributed by atoms with Gasteiger partial charge >= 0.3 is 5.97 Å². The minimum absolute atomic E-state index is 0.103. The molecular formula is C14H15NO3. The van der Waals surface area contributed by atoms with Crippen LogP contribution in [0.25, 0.3) is 0 Å². The first-order valence-electron chi connectivity index (χ1n) is 5.91. The number of fused-ring (bicyclic) bond motifs is 1. The minimum atomic E-state index is -0.833. The van der Waals surface area contributed by atoms with E-state index in [9.17, 15) is 14.7 Å². The van der Waals surface area contributed by atoms with E-state index in [1.807, 2.05) is 6.07 Å². The molecule has 0 saturated heterocycles. The zero-order chi connectivity index (χ0) is 13.1. The van der Waals surface area contributed by atoms with Crippen molar-refractivity contribution >= 4 is 17.6 Å². The molecule has 0 aliphatic carbocycles. The van der Waals surface area contributed by atoms with Gasteiger partial charge in [-0.1, -0.05) is 24.3 Å². The molecule has 0 bridgehead atoms. The molecule has 1 unspecified atom stereocenters. The first kappa shape index (κ1) is 12.4. The summed E-state index contributed by atoms with van der Waals surface area (Å²) in [5.41, 5.74) is 1.42. The molecule has 1 aliphatic rings. The van der Waals surface area contributed by atoms with Gasteiger partial charge < -0.3 is 10.0 Å². The lowest BCUT2D eigenvalue weighted by atomic mass is 9.90. The largest absolute Gasteiger partial charge is 0.481 e. The van der Waals surface area contributed by atoms with Gasteiger partial charge in [0.2, 0.25) is 0 Å². The van der Waals surface area contributed by atoms with Gasteiger partial charge in [-0.3, -0.25) is 9.59 Å². The number of hydrogen-bond donors (Lipinski definition) is 1. The Kier molecular flexibility index (Phi) is 3.46. The molecule has 1 N–H and O–H groups in total. The lowest BCUT2D eigenvalue weighted by Gasteiger charge is -2.32. The van der Waals surface area contributed by atoms with Crippen molar-refractivity contribution in [2.75, 3.05) is 11.4 Å². The molecule has 1 atom stereocenters. The van der Waals surface area contributed by atoms with Crippen LogP contribution >= 0.6 is 0 Å². The number of carboxylic acid groups (broad SMARTS) is 1. The van der Waals surface area contributed by atoms with E-state index in [4.69, 9.17) is 0 Å². The highest BCUT2D eigenvalue weighted by atomic mass is 16.4. The topological polar surface area (TPSA) is 57.6 Å². The highest BCUT2D eigenvalue weighted by Crippen LogP contribution is 2.35. The van der Waals surface area contributed by atoms with E-state index in [2.05, 4.69) is 0 Å². The summed E-state index contributed by atoms with van der Waals surface area (Å²) in [7, 11) is 0. The summed E-state index contributed by atoms with van der Waals surface area (Å²) in [6.45, 7) is 2.23. The van der Waals surface area contributed by atoms with Gasteiger partial charge in [-0.15, -0.1) is 0 Å². The van der Waals surface area contributed by atoms with Crippen molar-refractivity contribution in [3.8, 4) is 0 Å². The third kappa shape index (κ3) is 2.14. The molecule has 0 fully saturated rings. The van der Waals surface area contributed by atoms with E-state index in [1.165, 1.54) is 6.08 Å². The van der Waals surface area contributed by atoms with Gasteiger partial charge in [0.1, 0.15) is 0 Å². The highest BCUT2D eigenvalue weighted by molar-refractivity contribution is 6.03. The molecule has 1 heterocycles. The summed E-state index contributed by atoms with van der Waals surface area (Å²) in [6.07, 6.45) is 3.64. The maximum absolute atomic E-state index is 11.9. The summed E-state index contributed by atoms with van der Waals surface area (Å²) in [5, 5.41) is 9.20. The van der Waals surface area contributed by atoms with Crippen molar-refractivity contribution in [2.24, 2.45) is 0 Å². The number of carboxylic acids is 1. The number of nitrogens with zero attached hydrogens (tertiary/aromatic N) is 1. The molecule has 0 saturated carbocycles. The van der Waals surface area contributed by atoms with Crippen molar-refractivity contribution in [2.45, 2.75) is 19.3 Å². The average Bonchev–Trinajstić information content (AvgIpc) is 2.37. The van der Waals surface area contributed by atoms with Gasteiger partial charge in [0, 0.05) is 12.2 Å². The zero-order valence-electron chi connectivity index (χ0n) is 10.2. The van der Waals surface area contributed by atoms with E-state index >= 15 is 0 Å². The molecule has 18 heavy (non-hydrogen) atoms. The summed E-state index contributed by atoms with van der Waals surface area (Å²) < 4.78 is 0. The van der Waals surface area contributed by atoms with Crippen LogP contribution in [0.15, 0.2) is 36.4 Å². The quantitative estimate of drug-likeness (QED) is 0.812. The van der Waals surface area contributed by atoms with Crippen molar-refractivity contribution in [1.29, 1.82) is 0 Å². The third-order valence-corrected chi connectivity index (χ3v) is 3.12. The van der Waals surface area contributed by atoms with Crippen LogP contribution in [-0.4, -0.2) is 23.5 Å². The Morgan fingerprint density at radius 1 is 1.39 bits per heavy atom. The number of benzene rings is 1. The molecule has 0 aromatic heterocycles. The molecule has 1 aromatic rings. The second kappa shape index (κ2) is 5.04. The fraction of sp³-hybridized carbons (Fsp3) is 0.286. The van der Waals surface area contributed by atoms with Crippen LogP contribution < -0.4 is 4.90 Å². The maximum atomic E-state index is 11.9. The van der Waals surface area contributed by atoms with Gasteiger partial charge in [0.25, 0.3) is 5.91 Å². The van der Waals surface area contributed by atoms with Gasteiger partial charge in [-0.25, -0.2) is 0 Å². The Morgan fingerprint density at radius 3 is 2.78 bits per heavy atom. The molecule has 1 aliphatic heterocycles. The smallest absolute Gasteiger partial charge is 0.311 e. The van der Waals surface area contributed by atoms with Gasteiger partial charge in [-0.2, -0.15) is 0 Å². The zero-order valence-corrected chi connectivity index (χ0v) is 10.2. The van der Waals surface area contributed by atoms with Gasteiger partial charge in [-0.05, 0) is 31.1 Å². The Bertz CT molecular complexity index is 508. The van der Waals surface area contributed by atoms with Crippen molar-refractivity contribution < 1.29 is 14.7 Å². The van der Waals surface area contributed by atoms with Crippen LogP contribution in [0.3, 0.4) is 0 Å². The van der Waals surface area contributed by atoms with Crippen LogP contribution in [-0.2, 0) is 9.59 Å². The Labute approximate surface area is 106 Å². The highest BCUT2D eigenvalue weighted by Gasteiger charge is 2.31. The van der Waals surface area contributed by atoms with Crippen LogP contribution in [0, 0.1) is 0 Å². The number of rotatable bonds is 2. The summed E-state index contributed by atoms with van der Waals surface area (Å²) in [5.74, 6) is -1.45. The van der Waals surface area contributed by atoms with Crippen LogP contribution in [0.5, 0.6) is 0 Å². The van der Waals surface area contributed by atoms with Crippen LogP contribution in [0.2, 0.25) is 0 Å². The normalized spacial score (nSPS) is 18.7. The van der Waals surface area contributed by atoms with E-state index in [1.54, 1.807) is 36.1 Å². The van der Waals surface area contributed by atoms with E-state index in [0.717, 1.165) is 0 Å². The first-order chi connectivity index (χ1) is 8.65. The number of carbonyl (C=O) groups excluding carboxylic acids is 1. The van der Waals surface area contributed by atoms with Gasteiger partial charge in [0.15, 0.2) is 0 Å². The number of carbonyl (C=O) groups is 2. The number of aliphatic carboxylic acids is 1. The molecule has 94 valence electrons. The van der Waals surface area contributed by atoms with Crippen LogP contribution in [0.4, 0.5) is 5.69 Å². The monoisotopic (exact) mass is 245 g/mol. The number of anilines is 1. The van der Waals surface area contributed by atoms with Crippen molar-refractivity contribution in [3.63, 3.8) is 0 Å². The number of hydrogen-bond acceptors (Lipinski definition) is 2. The van der Waals surface area contributed by atoms with Crippen molar-refractivity contribution in [3.05, 3.63) is 42.0 Å². The second-order valence-corrected chi connectivity index (χ2v) is 4.23. The fourth-order valence-electron chi connectivity index (χ4n) is 2.28. The number of amides is 1. The molecule has 1 amide bonds. The predicted molar refractivity (Wildman–Crippen MR) is 68.6 cm³/mol. The number of allylic oxidation sites excluding steroid dienone is 1. The van der Waals surface area contributed by atoms with Crippen molar-refractivity contribution in [1.82, 2.24) is 0 Å². The average molecular weight is 245 g/mol. The minimum Gasteiger partial charge on any atom is -0.481 e. The fourth-order valence-corrected chi connectivity index (χ4v) is 2.28. The lowest BCUT2D eigenvalue weighted by molar-refractivity contribution is -0.139. The van der Waals surface area contributed by atoms with Gasteiger partial charge in [0.05, 0.1) is 5.92 Å². The van der Waals surface area contributed by atoms with E-state index in [0.29, 0.717) is 24.2 Å². The predicted octanol–water partition coefficient (Wildman–Crippen LogP) is 2.17. The first-order valence-corrected chi connectivity index (χ1v) is 5.91. The molecule has 4 nitrogen and oxygen atoms in total. The van der Waals surface area contributed by atoms with E-state index in [-0.39, 0.29) is 5.91 Å². The second-order valence-electron chi connectivity index (χ2n) is 4.23. The standard InChI is InChI=1S/C14H15NO3/c1-2-5-13(16)15-9-8-11(14(17)18)10-6-3-4-7-12(10)15/h2-7,11H,8-9H2,1H3,(H,17,18)/b5-2+. The maximum Gasteiger partial charge on any atom is 0.311 e.